The van der Waals surface area contributed by atoms with Gasteiger partial charge in [-0.15, -0.1) is 0 Å². The minimum atomic E-state index is -0.817. The molecular weight excluding hydrogens is 320 g/mol. The van der Waals surface area contributed by atoms with Gasteiger partial charge in [0.05, 0.1) is 19.1 Å². The molecule has 0 bridgehead atoms. The van der Waals surface area contributed by atoms with E-state index in [4.69, 9.17) is 13.9 Å². The zero-order valence-corrected chi connectivity index (χ0v) is 15.2. The summed E-state index contributed by atoms with van der Waals surface area (Å²) in [5.74, 6) is 0.125. The zero-order chi connectivity index (χ0) is 18.1. The molecule has 5 heteroatoms. The number of benzene rings is 1. The van der Waals surface area contributed by atoms with Gasteiger partial charge in [0.1, 0.15) is 0 Å². The van der Waals surface area contributed by atoms with Crippen molar-refractivity contribution in [3.8, 4) is 17.2 Å². The van der Waals surface area contributed by atoms with Gasteiger partial charge in [0.15, 0.2) is 17.1 Å². The smallest absolute Gasteiger partial charge is 0.382 e. The summed E-state index contributed by atoms with van der Waals surface area (Å²) in [7, 11) is 1.50. The van der Waals surface area contributed by atoms with E-state index in [0.717, 1.165) is 12.8 Å². The highest BCUT2D eigenvalue weighted by Crippen LogP contribution is 2.36. The van der Waals surface area contributed by atoms with Gasteiger partial charge in [0.2, 0.25) is 5.75 Å². The van der Waals surface area contributed by atoms with E-state index in [9.17, 15) is 9.90 Å². The molecule has 25 heavy (non-hydrogen) atoms. The van der Waals surface area contributed by atoms with Gasteiger partial charge in [0, 0.05) is 0 Å². The monoisotopic (exact) mass is 348 g/mol. The third-order valence-electron chi connectivity index (χ3n) is 4.29. The molecule has 0 fully saturated rings. The Morgan fingerprint density at radius 2 is 1.72 bits per heavy atom. The van der Waals surface area contributed by atoms with Crippen LogP contribution >= 0.6 is 0 Å². The summed E-state index contributed by atoms with van der Waals surface area (Å²) in [6.07, 6.45) is 9.59. The van der Waals surface area contributed by atoms with Crippen molar-refractivity contribution in [1.29, 1.82) is 0 Å². The highest BCUT2D eigenvalue weighted by atomic mass is 16.5. The first kappa shape index (κ1) is 19.2. The summed E-state index contributed by atoms with van der Waals surface area (Å²) in [5, 5.41) is 10.5. The second-order valence-electron chi connectivity index (χ2n) is 6.23. The van der Waals surface area contributed by atoms with Crippen molar-refractivity contribution < 1.29 is 19.0 Å². The van der Waals surface area contributed by atoms with Crippen LogP contribution in [0.5, 0.6) is 17.2 Å². The predicted molar refractivity (Wildman–Crippen MR) is 98.8 cm³/mol. The Morgan fingerprint density at radius 1 is 1.04 bits per heavy atom. The van der Waals surface area contributed by atoms with Crippen molar-refractivity contribution in [2.75, 3.05) is 13.7 Å². The third-order valence-corrected chi connectivity index (χ3v) is 4.29. The molecule has 1 aromatic heterocycles. The molecule has 1 heterocycles. The highest BCUT2D eigenvalue weighted by Gasteiger charge is 2.17. The van der Waals surface area contributed by atoms with Crippen molar-refractivity contribution >= 4 is 11.0 Å². The molecule has 0 saturated carbocycles. The van der Waals surface area contributed by atoms with Crippen LogP contribution in [0, 0.1) is 0 Å². The lowest BCUT2D eigenvalue weighted by Crippen LogP contribution is -2.05. The van der Waals surface area contributed by atoms with E-state index in [-0.39, 0.29) is 5.75 Å². The molecule has 2 aromatic rings. The Labute approximate surface area is 148 Å². The van der Waals surface area contributed by atoms with Crippen LogP contribution in [0.25, 0.3) is 11.0 Å². The van der Waals surface area contributed by atoms with Crippen molar-refractivity contribution in [2.24, 2.45) is 0 Å². The molecule has 138 valence electrons. The van der Waals surface area contributed by atoms with Gasteiger partial charge in [-0.1, -0.05) is 57.9 Å². The summed E-state index contributed by atoms with van der Waals surface area (Å²) in [4.78, 5) is 11.8. The molecule has 0 aliphatic heterocycles. The number of methoxy groups -OCH3 is 1. The molecule has 5 nitrogen and oxygen atoms in total. The summed E-state index contributed by atoms with van der Waals surface area (Å²) >= 11 is 0. The van der Waals surface area contributed by atoms with Crippen molar-refractivity contribution in [1.82, 2.24) is 0 Å². The first-order valence-electron chi connectivity index (χ1n) is 9.14. The summed E-state index contributed by atoms with van der Waals surface area (Å²) in [6, 6.07) is 5.21. The molecule has 0 saturated heterocycles. The molecule has 0 atom stereocenters. The number of hydrogen-bond donors (Lipinski definition) is 1. The largest absolute Gasteiger partial charge is 0.499 e. The minimum absolute atomic E-state index is 0.174. The van der Waals surface area contributed by atoms with Crippen LogP contribution in [-0.2, 0) is 0 Å². The number of ether oxygens (including phenoxy) is 2. The lowest BCUT2D eigenvalue weighted by Gasteiger charge is -2.11. The van der Waals surface area contributed by atoms with Crippen molar-refractivity contribution in [3.63, 3.8) is 0 Å². The van der Waals surface area contributed by atoms with Crippen LogP contribution in [0.2, 0.25) is 0 Å². The second kappa shape index (κ2) is 9.97. The topological polar surface area (TPSA) is 68.9 Å². The van der Waals surface area contributed by atoms with Crippen molar-refractivity contribution in [2.45, 2.75) is 58.3 Å². The first-order chi connectivity index (χ1) is 12.2. The molecule has 0 aliphatic carbocycles. The Bertz CT molecular complexity index is 720. The lowest BCUT2D eigenvalue weighted by molar-refractivity contribution is 0.285. The fourth-order valence-electron chi connectivity index (χ4n) is 2.88. The maximum absolute atomic E-state index is 11.8. The summed E-state index contributed by atoms with van der Waals surface area (Å²) in [5.41, 5.74) is -0.526. The zero-order valence-electron chi connectivity index (χ0n) is 15.2. The maximum atomic E-state index is 11.8. The van der Waals surface area contributed by atoms with Crippen LogP contribution < -0.4 is 15.1 Å². The van der Waals surface area contributed by atoms with E-state index in [1.54, 1.807) is 18.2 Å². The van der Waals surface area contributed by atoms with Gasteiger partial charge in [-0.05, 0) is 18.6 Å². The van der Waals surface area contributed by atoms with Crippen molar-refractivity contribution in [3.05, 3.63) is 28.6 Å². The number of unbranched alkanes of at least 4 members (excludes halogenated alkanes) is 7. The average Bonchev–Trinajstić information content (AvgIpc) is 2.62. The van der Waals surface area contributed by atoms with Gasteiger partial charge in [0.25, 0.3) is 0 Å². The highest BCUT2D eigenvalue weighted by molar-refractivity contribution is 5.89. The Morgan fingerprint density at radius 3 is 2.40 bits per heavy atom. The van der Waals surface area contributed by atoms with Gasteiger partial charge in [-0.3, -0.25) is 0 Å². The normalized spacial score (nSPS) is 11.0. The van der Waals surface area contributed by atoms with E-state index in [1.807, 2.05) is 0 Å². The van der Waals surface area contributed by atoms with Crippen LogP contribution in [-0.4, -0.2) is 18.8 Å². The van der Waals surface area contributed by atoms with E-state index in [1.165, 1.54) is 45.6 Å². The fraction of sp³-hybridized carbons (Fsp3) is 0.550. The van der Waals surface area contributed by atoms with Crippen LogP contribution in [0.3, 0.4) is 0 Å². The minimum Gasteiger partial charge on any atom is -0.499 e. The van der Waals surface area contributed by atoms with Crippen LogP contribution in [0.1, 0.15) is 58.3 Å². The van der Waals surface area contributed by atoms with E-state index in [0.29, 0.717) is 23.3 Å². The number of hydrogen-bond acceptors (Lipinski definition) is 5. The van der Waals surface area contributed by atoms with E-state index in [2.05, 4.69) is 6.92 Å². The Hall–Kier alpha value is -2.17. The maximum Gasteiger partial charge on any atom is 0.382 e. The summed E-state index contributed by atoms with van der Waals surface area (Å²) in [6.45, 7) is 2.68. The fourth-order valence-corrected chi connectivity index (χ4v) is 2.88. The second-order valence-corrected chi connectivity index (χ2v) is 6.23. The number of aromatic hydroxyl groups is 1. The SMILES string of the molecule is CCCCCCCCCCOc1c(O)c(=O)oc2c(OC)cccc12. The molecule has 1 aromatic carbocycles. The number of rotatable bonds is 11. The third kappa shape index (κ3) is 5.15. The Balaban J connectivity index is 1.92. The molecule has 0 unspecified atom stereocenters. The lowest BCUT2D eigenvalue weighted by atomic mass is 10.1. The van der Waals surface area contributed by atoms with Gasteiger partial charge < -0.3 is 19.0 Å². The first-order valence-corrected chi connectivity index (χ1v) is 9.14. The van der Waals surface area contributed by atoms with Gasteiger partial charge >= 0.3 is 5.63 Å². The molecule has 0 amide bonds. The summed E-state index contributed by atoms with van der Waals surface area (Å²) < 4.78 is 16.1. The standard InChI is InChI=1S/C20H28O5/c1-3-4-5-6-7-8-9-10-14-24-19-15-12-11-13-16(23-2)18(15)25-20(22)17(19)21/h11-13,21H,3-10,14H2,1-2H3. The molecule has 0 radical (unpaired) electrons. The van der Waals surface area contributed by atoms with Crippen LogP contribution in [0.4, 0.5) is 0 Å². The predicted octanol–water partition coefficient (Wildman–Crippen LogP) is 5.03. The molecular formula is C20H28O5. The molecule has 1 N–H and O–H groups in total. The molecule has 2 rings (SSSR count). The van der Waals surface area contributed by atoms with E-state index < -0.39 is 11.4 Å². The van der Waals surface area contributed by atoms with Gasteiger partial charge in [-0.2, -0.15) is 0 Å². The quantitative estimate of drug-likeness (QED) is 0.456. The van der Waals surface area contributed by atoms with Gasteiger partial charge in [-0.25, -0.2) is 4.79 Å². The average molecular weight is 348 g/mol. The van der Waals surface area contributed by atoms with Crippen LogP contribution in [0.15, 0.2) is 27.4 Å². The Kier molecular flexibility index (Phi) is 7.64. The van der Waals surface area contributed by atoms with E-state index >= 15 is 0 Å². The number of para-hydroxylation sites is 1. The number of fused-ring (bicyclic) bond motifs is 1. The molecule has 0 aliphatic rings. The molecule has 0 spiro atoms.